The predicted octanol–water partition coefficient (Wildman–Crippen LogP) is 3.53. The molecule has 0 aromatic heterocycles. The van der Waals surface area contributed by atoms with Crippen molar-refractivity contribution >= 4 is 23.2 Å². The van der Waals surface area contributed by atoms with Gasteiger partial charge in [-0.15, -0.1) is 6.58 Å². The van der Waals surface area contributed by atoms with Gasteiger partial charge in [-0.25, -0.2) is 0 Å². The Morgan fingerprint density at radius 3 is 2.43 bits per heavy atom. The highest BCUT2D eigenvalue weighted by atomic mass is 35.5. The Labute approximate surface area is 173 Å². The minimum Gasteiger partial charge on any atom is -0.489 e. The number of hydrogen-bond donors (Lipinski definition) is 3. The lowest BCUT2D eigenvalue weighted by Crippen LogP contribution is -2.51. The van der Waals surface area contributed by atoms with Gasteiger partial charge in [0.15, 0.2) is 0 Å². The summed E-state index contributed by atoms with van der Waals surface area (Å²) in [6, 6.07) is 12.2. The first-order valence-corrected chi connectivity index (χ1v) is 9.61. The van der Waals surface area contributed by atoms with E-state index < -0.39 is 30.3 Å². The third kappa shape index (κ3) is 4.69. The van der Waals surface area contributed by atoms with Crippen LogP contribution in [0.1, 0.15) is 17.2 Å². The third-order valence-corrected chi connectivity index (χ3v) is 5.21. The van der Waals surface area contributed by atoms with Crippen LogP contribution in [0.4, 0.5) is 0 Å². The summed E-state index contributed by atoms with van der Waals surface area (Å²) in [6.45, 7) is 3.62. The van der Waals surface area contributed by atoms with E-state index in [4.69, 9.17) is 32.7 Å². The molecule has 2 aromatic carbocycles. The molecule has 2 aromatic rings. The van der Waals surface area contributed by atoms with Crippen LogP contribution in [0, 0.1) is 5.92 Å². The Morgan fingerprint density at radius 1 is 1.07 bits per heavy atom. The smallest absolute Gasteiger partial charge is 0.120 e. The van der Waals surface area contributed by atoms with Crippen LogP contribution in [0.5, 0.6) is 5.75 Å². The average molecular weight is 425 g/mol. The molecule has 1 aliphatic heterocycles. The SMILES string of the molecule is C=CC1C(CO)OC(c2cccc(OCc3cc(Cl)cc(Cl)c3)c2)C(O)C1O. The summed E-state index contributed by atoms with van der Waals surface area (Å²) in [5, 5.41) is 31.5. The summed E-state index contributed by atoms with van der Waals surface area (Å²) >= 11 is 12.0. The van der Waals surface area contributed by atoms with E-state index in [9.17, 15) is 15.3 Å². The van der Waals surface area contributed by atoms with Crippen molar-refractivity contribution in [3.63, 3.8) is 0 Å². The van der Waals surface area contributed by atoms with Crippen molar-refractivity contribution in [1.29, 1.82) is 0 Å². The Kier molecular flexibility index (Phi) is 6.99. The van der Waals surface area contributed by atoms with Crippen LogP contribution in [0.3, 0.4) is 0 Å². The van der Waals surface area contributed by atoms with Crippen molar-refractivity contribution in [1.82, 2.24) is 0 Å². The van der Waals surface area contributed by atoms with Gasteiger partial charge in [-0.2, -0.15) is 0 Å². The Morgan fingerprint density at radius 2 is 1.79 bits per heavy atom. The van der Waals surface area contributed by atoms with E-state index in [0.29, 0.717) is 21.4 Å². The van der Waals surface area contributed by atoms with Crippen LogP contribution in [0.25, 0.3) is 0 Å². The van der Waals surface area contributed by atoms with Gasteiger partial charge in [0.05, 0.1) is 18.8 Å². The summed E-state index contributed by atoms with van der Waals surface area (Å²) in [7, 11) is 0. The molecular formula is C21H22Cl2O5. The molecule has 3 rings (SSSR count). The van der Waals surface area contributed by atoms with E-state index >= 15 is 0 Å². The Balaban J connectivity index is 1.76. The van der Waals surface area contributed by atoms with Crippen molar-refractivity contribution in [2.24, 2.45) is 5.92 Å². The zero-order chi connectivity index (χ0) is 20.3. The quantitative estimate of drug-likeness (QED) is 0.618. The molecule has 0 bridgehead atoms. The number of halogens is 2. The zero-order valence-electron chi connectivity index (χ0n) is 15.0. The molecule has 28 heavy (non-hydrogen) atoms. The molecule has 0 amide bonds. The normalized spacial score (nSPS) is 27.4. The molecule has 0 spiro atoms. The predicted molar refractivity (Wildman–Crippen MR) is 108 cm³/mol. The lowest BCUT2D eigenvalue weighted by atomic mass is 9.85. The van der Waals surface area contributed by atoms with Gasteiger partial charge >= 0.3 is 0 Å². The van der Waals surface area contributed by atoms with Crippen molar-refractivity contribution in [3.05, 3.63) is 76.3 Å². The first kappa shape index (κ1) is 21.1. The van der Waals surface area contributed by atoms with Gasteiger partial charge in [0.25, 0.3) is 0 Å². The topological polar surface area (TPSA) is 79.2 Å². The van der Waals surface area contributed by atoms with Crippen molar-refractivity contribution < 1.29 is 24.8 Å². The summed E-state index contributed by atoms with van der Waals surface area (Å²) in [5.74, 6) is 0.00791. The molecule has 3 N–H and O–H groups in total. The maximum Gasteiger partial charge on any atom is 0.120 e. The number of aliphatic hydroxyl groups excluding tert-OH is 3. The number of benzene rings is 2. The van der Waals surface area contributed by atoms with E-state index in [2.05, 4.69) is 6.58 Å². The second-order valence-corrected chi connectivity index (χ2v) is 7.58. The van der Waals surface area contributed by atoms with Gasteiger partial charge in [-0.1, -0.05) is 41.4 Å². The van der Waals surface area contributed by atoms with Crippen LogP contribution in [0.2, 0.25) is 10.0 Å². The van der Waals surface area contributed by atoms with E-state index in [1.807, 2.05) is 0 Å². The molecular weight excluding hydrogens is 403 g/mol. The molecule has 5 unspecified atom stereocenters. The molecule has 1 heterocycles. The van der Waals surface area contributed by atoms with Gasteiger partial charge in [-0.3, -0.25) is 0 Å². The lowest BCUT2D eigenvalue weighted by Gasteiger charge is -2.41. The summed E-state index contributed by atoms with van der Waals surface area (Å²) in [5.41, 5.74) is 1.45. The first-order valence-electron chi connectivity index (χ1n) is 8.85. The molecule has 1 saturated heterocycles. The summed E-state index contributed by atoms with van der Waals surface area (Å²) in [4.78, 5) is 0. The monoisotopic (exact) mass is 424 g/mol. The highest BCUT2D eigenvalue weighted by molar-refractivity contribution is 6.34. The van der Waals surface area contributed by atoms with E-state index in [1.54, 1.807) is 42.5 Å². The number of rotatable bonds is 6. The molecule has 5 nitrogen and oxygen atoms in total. The van der Waals surface area contributed by atoms with Gasteiger partial charge in [0.2, 0.25) is 0 Å². The highest BCUT2D eigenvalue weighted by Gasteiger charge is 2.43. The van der Waals surface area contributed by atoms with E-state index in [-0.39, 0.29) is 13.2 Å². The molecule has 1 aliphatic rings. The molecule has 0 radical (unpaired) electrons. The average Bonchev–Trinajstić information content (AvgIpc) is 2.67. The Bertz CT molecular complexity index is 806. The highest BCUT2D eigenvalue weighted by Crippen LogP contribution is 2.36. The Hall–Kier alpha value is -1.60. The van der Waals surface area contributed by atoms with Gasteiger partial charge < -0.3 is 24.8 Å². The maximum absolute atomic E-state index is 10.5. The van der Waals surface area contributed by atoms with Crippen LogP contribution in [-0.4, -0.2) is 40.2 Å². The van der Waals surface area contributed by atoms with Crippen LogP contribution in [0.15, 0.2) is 55.1 Å². The van der Waals surface area contributed by atoms with Crippen molar-refractivity contribution in [3.8, 4) is 5.75 Å². The second kappa shape index (κ2) is 9.27. The lowest BCUT2D eigenvalue weighted by molar-refractivity contribution is -0.200. The van der Waals surface area contributed by atoms with Crippen LogP contribution >= 0.6 is 23.2 Å². The molecule has 5 atom stereocenters. The molecule has 0 saturated carbocycles. The number of aliphatic hydroxyl groups is 3. The van der Waals surface area contributed by atoms with E-state index in [0.717, 1.165) is 5.56 Å². The van der Waals surface area contributed by atoms with Crippen LogP contribution in [-0.2, 0) is 11.3 Å². The van der Waals surface area contributed by atoms with Crippen molar-refractivity contribution in [2.75, 3.05) is 6.61 Å². The number of hydrogen-bond acceptors (Lipinski definition) is 5. The summed E-state index contributed by atoms with van der Waals surface area (Å²) in [6.07, 6.45) is -2.22. The van der Waals surface area contributed by atoms with Gasteiger partial charge in [0, 0.05) is 16.0 Å². The third-order valence-electron chi connectivity index (χ3n) is 4.77. The standard InChI is InChI=1S/C21H22Cl2O5/c1-2-17-18(10-24)28-21(20(26)19(17)25)13-4-3-5-16(8-13)27-11-12-6-14(22)9-15(23)7-12/h2-9,17-21,24-26H,1,10-11H2. The molecule has 1 fully saturated rings. The molecule has 150 valence electrons. The zero-order valence-corrected chi connectivity index (χ0v) is 16.6. The minimum atomic E-state index is -1.16. The van der Waals surface area contributed by atoms with Gasteiger partial charge in [0.1, 0.15) is 24.6 Å². The fraction of sp³-hybridized carbons (Fsp3) is 0.333. The maximum atomic E-state index is 10.5. The fourth-order valence-electron chi connectivity index (χ4n) is 3.36. The number of ether oxygens (including phenoxy) is 2. The summed E-state index contributed by atoms with van der Waals surface area (Å²) < 4.78 is 11.6. The molecule has 0 aliphatic carbocycles. The largest absolute Gasteiger partial charge is 0.489 e. The van der Waals surface area contributed by atoms with Gasteiger partial charge in [-0.05, 0) is 41.5 Å². The molecule has 7 heteroatoms. The first-order chi connectivity index (χ1) is 13.4. The second-order valence-electron chi connectivity index (χ2n) is 6.71. The van der Waals surface area contributed by atoms with E-state index in [1.165, 1.54) is 6.08 Å². The van der Waals surface area contributed by atoms with Crippen LogP contribution < -0.4 is 4.74 Å². The van der Waals surface area contributed by atoms with Crippen molar-refractivity contribution in [2.45, 2.75) is 31.0 Å². The fourth-order valence-corrected chi connectivity index (χ4v) is 3.93. The minimum absolute atomic E-state index is 0.262.